The average Bonchev–Trinajstić information content (AvgIpc) is 2.55. The van der Waals surface area contributed by atoms with Crippen molar-refractivity contribution < 1.29 is 13.2 Å². The van der Waals surface area contributed by atoms with E-state index >= 15 is 0 Å². The summed E-state index contributed by atoms with van der Waals surface area (Å²) in [5.41, 5.74) is 0.624. The maximum Gasteiger partial charge on any atom is 0.243 e. The van der Waals surface area contributed by atoms with Crippen LogP contribution in [0, 0.1) is 6.92 Å². The van der Waals surface area contributed by atoms with Gasteiger partial charge < -0.3 is 4.74 Å². The molecule has 0 bridgehead atoms. The Balaban J connectivity index is 2.68. The fraction of sp³-hybridized carbons (Fsp3) is 0.667. The van der Waals surface area contributed by atoms with Crippen LogP contribution in [0.15, 0.2) is 11.1 Å². The Morgan fingerprint density at radius 2 is 2.25 bits per heavy atom. The Bertz CT molecular complexity index is 439. The van der Waals surface area contributed by atoms with E-state index in [4.69, 9.17) is 4.74 Å². The quantitative estimate of drug-likeness (QED) is 0.721. The van der Waals surface area contributed by atoms with Gasteiger partial charge in [0.25, 0.3) is 0 Å². The molecule has 0 aliphatic carbocycles. The molecule has 0 aromatic carbocycles. The zero-order valence-electron chi connectivity index (χ0n) is 9.73. The lowest BCUT2D eigenvalue weighted by atomic mass is 10.5. The minimum atomic E-state index is -3.44. The van der Waals surface area contributed by atoms with Crippen LogP contribution in [0.1, 0.15) is 12.1 Å². The van der Waals surface area contributed by atoms with Gasteiger partial charge in [-0.25, -0.2) is 13.1 Å². The molecule has 0 saturated carbocycles. The lowest BCUT2D eigenvalue weighted by Gasteiger charge is -2.05. The lowest BCUT2D eigenvalue weighted by Crippen LogP contribution is -2.25. The van der Waals surface area contributed by atoms with Crippen LogP contribution in [0.4, 0.5) is 0 Å². The highest BCUT2D eigenvalue weighted by Crippen LogP contribution is 2.12. The fourth-order valence-electron chi connectivity index (χ4n) is 1.24. The Labute approximate surface area is 95.7 Å². The number of methoxy groups -OCH3 is 1. The summed E-state index contributed by atoms with van der Waals surface area (Å²) in [6.07, 6.45) is 2.00. The molecule has 0 fully saturated rings. The summed E-state index contributed by atoms with van der Waals surface area (Å²) in [6.45, 7) is 2.62. The third kappa shape index (κ3) is 3.03. The smallest absolute Gasteiger partial charge is 0.243 e. The molecular weight excluding hydrogens is 230 g/mol. The highest BCUT2D eigenvalue weighted by molar-refractivity contribution is 7.89. The summed E-state index contributed by atoms with van der Waals surface area (Å²) in [4.78, 5) is 0.229. The van der Waals surface area contributed by atoms with Crippen molar-refractivity contribution in [1.82, 2.24) is 14.5 Å². The third-order valence-corrected chi connectivity index (χ3v) is 3.86. The molecule has 6 nitrogen and oxygen atoms in total. The van der Waals surface area contributed by atoms with Crippen molar-refractivity contribution >= 4 is 10.0 Å². The van der Waals surface area contributed by atoms with Gasteiger partial charge in [0.2, 0.25) is 10.0 Å². The van der Waals surface area contributed by atoms with Crippen LogP contribution in [0.25, 0.3) is 0 Å². The van der Waals surface area contributed by atoms with Crippen molar-refractivity contribution in [3.8, 4) is 0 Å². The molecule has 92 valence electrons. The number of hydrogen-bond acceptors (Lipinski definition) is 4. The van der Waals surface area contributed by atoms with Gasteiger partial charge in [-0.05, 0) is 13.3 Å². The molecule has 0 spiro atoms. The van der Waals surface area contributed by atoms with E-state index in [1.807, 2.05) is 0 Å². The van der Waals surface area contributed by atoms with Crippen molar-refractivity contribution in [2.45, 2.75) is 18.2 Å². The molecule has 0 saturated heterocycles. The maximum atomic E-state index is 11.8. The molecule has 0 aliphatic rings. The molecule has 0 atom stereocenters. The van der Waals surface area contributed by atoms with Gasteiger partial charge in [-0.2, -0.15) is 5.10 Å². The van der Waals surface area contributed by atoms with Crippen molar-refractivity contribution in [3.63, 3.8) is 0 Å². The first-order valence-corrected chi connectivity index (χ1v) is 6.44. The first-order valence-electron chi connectivity index (χ1n) is 4.96. The van der Waals surface area contributed by atoms with Crippen molar-refractivity contribution in [3.05, 3.63) is 11.9 Å². The second kappa shape index (κ2) is 5.42. The molecule has 0 unspecified atom stereocenters. The van der Waals surface area contributed by atoms with Gasteiger partial charge in [0.05, 0.1) is 11.9 Å². The molecule has 1 aromatic heterocycles. The number of aryl methyl sites for hydroxylation is 1. The number of aromatic nitrogens is 2. The summed E-state index contributed by atoms with van der Waals surface area (Å²) in [5.74, 6) is 0. The van der Waals surface area contributed by atoms with Gasteiger partial charge in [0.15, 0.2) is 0 Å². The van der Waals surface area contributed by atoms with Crippen molar-refractivity contribution in [2.24, 2.45) is 7.05 Å². The topological polar surface area (TPSA) is 73.2 Å². The van der Waals surface area contributed by atoms with E-state index in [1.165, 1.54) is 10.9 Å². The van der Waals surface area contributed by atoms with Gasteiger partial charge in [-0.15, -0.1) is 0 Å². The second-order valence-corrected chi connectivity index (χ2v) is 5.20. The van der Waals surface area contributed by atoms with Gasteiger partial charge >= 0.3 is 0 Å². The lowest BCUT2D eigenvalue weighted by molar-refractivity contribution is 0.196. The summed E-state index contributed by atoms with van der Waals surface area (Å²) in [6, 6.07) is 0. The number of rotatable bonds is 6. The molecule has 1 N–H and O–H groups in total. The largest absolute Gasteiger partial charge is 0.385 e. The predicted octanol–water partition coefficient (Wildman–Crippen LogP) is 0.0433. The standard InChI is InChI=1S/C9H17N3O3S/c1-8-9(7-10-12(8)2)16(13,14)11-5-4-6-15-3/h7,11H,4-6H2,1-3H3. The summed E-state index contributed by atoms with van der Waals surface area (Å²) < 4.78 is 32.5. The third-order valence-electron chi connectivity index (χ3n) is 2.30. The van der Waals surface area contributed by atoms with Gasteiger partial charge in [-0.1, -0.05) is 0 Å². The van der Waals surface area contributed by atoms with Crippen LogP contribution in [0.5, 0.6) is 0 Å². The van der Waals surface area contributed by atoms with Gasteiger partial charge in [0.1, 0.15) is 4.90 Å². The Morgan fingerprint density at radius 3 is 2.75 bits per heavy atom. The molecule has 1 rings (SSSR count). The molecule has 0 amide bonds. The first kappa shape index (κ1) is 13.1. The summed E-state index contributed by atoms with van der Waals surface area (Å²) in [5, 5.41) is 3.90. The predicted molar refractivity (Wildman–Crippen MR) is 59.6 cm³/mol. The number of ether oxygens (including phenoxy) is 1. The number of nitrogens with one attached hydrogen (secondary N) is 1. The minimum Gasteiger partial charge on any atom is -0.385 e. The van der Waals surface area contributed by atoms with E-state index in [9.17, 15) is 8.42 Å². The average molecular weight is 247 g/mol. The fourth-order valence-corrected chi connectivity index (χ4v) is 2.52. The van der Waals surface area contributed by atoms with Crippen LogP contribution < -0.4 is 4.72 Å². The first-order chi connectivity index (χ1) is 7.49. The van der Waals surface area contributed by atoms with E-state index < -0.39 is 10.0 Å². The molecule has 7 heteroatoms. The van der Waals surface area contributed by atoms with Crippen LogP contribution >= 0.6 is 0 Å². The SMILES string of the molecule is COCCCNS(=O)(=O)c1cnn(C)c1C. The molecule has 0 radical (unpaired) electrons. The highest BCUT2D eigenvalue weighted by atomic mass is 32.2. The second-order valence-electron chi connectivity index (χ2n) is 3.46. The Morgan fingerprint density at radius 1 is 1.56 bits per heavy atom. The van der Waals surface area contributed by atoms with E-state index in [-0.39, 0.29) is 4.90 Å². The number of hydrogen-bond donors (Lipinski definition) is 1. The number of sulfonamides is 1. The Kier molecular flexibility index (Phi) is 4.45. The van der Waals surface area contributed by atoms with Gasteiger partial charge in [-0.3, -0.25) is 4.68 Å². The molecule has 1 aromatic rings. The summed E-state index contributed by atoms with van der Waals surface area (Å²) in [7, 11) is -0.149. The molecule has 16 heavy (non-hydrogen) atoms. The van der Waals surface area contributed by atoms with Crippen LogP contribution in [0.2, 0.25) is 0 Å². The van der Waals surface area contributed by atoms with E-state index in [0.717, 1.165) is 0 Å². The molecule has 0 aliphatic heterocycles. The molecule has 1 heterocycles. The Hall–Kier alpha value is -0.920. The van der Waals surface area contributed by atoms with Crippen LogP contribution in [0.3, 0.4) is 0 Å². The maximum absolute atomic E-state index is 11.8. The van der Waals surface area contributed by atoms with E-state index in [0.29, 0.717) is 25.3 Å². The zero-order chi connectivity index (χ0) is 12.2. The van der Waals surface area contributed by atoms with Crippen molar-refractivity contribution in [2.75, 3.05) is 20.3 Å². The molecular formula is C9H17N3O3S. The van der Waals surface area contributed by atoms with E-state index in [2.05, 4.69) is 9.82 Å². The van der Waals surface area contributed by atoms with Gasteiger partial charge in [0, 0.05) is 27.3 Å². The van der Waals surface area contributed by atoms with E-state index in [1.54, 1.807) is 21.1 Å². The van der Waals surface area contributed by atoms with Crippen molar-refractivity contribution in [1.29, 1.82) is 0 Å². The summed E-state index contributed by atoms with van der Waals surface area (Å²) >= 11 is 0. The van der Waals surface area contributed by atoms with Crippen LogP contribution in [-0.4, -0.2) is 38.5 Å². The normalized spacial score (nSPS) is 11.9. The monoisotopic (exact) mass is 247 g/mol. The van der Waals surface area contributed by atoms with Crippen LogP contribution in [-0.2, 0) is 21.8 Å². The minimum absolute atomic E-state index is 0.229. The zero-order valence-corrected chi connectivity index (χ0v) is 10.5. The highest BCUT2D eigenvalue weighted by Gasteiger charge is 2.18. The number of nitrogens with zero attached hydrogens (tertiary/aromatic N) is 2.